The predicted octanol–water partition coefficient (Wildman–Crippen LogP) is 1.80. The van der Waals surface area contributed by atoms with Gasteiger partial charge in [0.2, 0.25) is 0 Å². The van der Waals surface area contributed by atoms with Crippen LogP contribution >= 0.6 is 0 Å². The zero-order chi connectivity index (χ0) is 9.97. The van der Waals surface area contributed by atoms with Crippen LogP contribution < -0.4 is 4.74 Å². The number of benzene rings is 1. The van der Waals surface area contributed by atoms with Gasteiger partial charge in [-0.1, -0.05) is 0 Å². The van der Waals surface area contributed by atoms with Crippen LogP contribution in [0.3, 0.4) is 0 Å². The predicted molar refractivity (Wildman–Crippen MR) is 51.4 cm³/mol. The number of imidazole rings is 1. The summed E-state index contributed by atoms with van der Waals surface area (Å²) in [6.07, 6.45) is 3.03. The second-order valence-electron chi connectivity index (χ2n) is 2.82. The van der Waals surface area contributed by atoms with Crippen LogP contribution in [-0.4, -0.2) is 22.0 Å². The summed E-state index contributed by atoms with van der Waals surface area (Å²) < 4.78 is 6.01. The van der Waals surface area contributed by atoms with Crippen LogP contribution in [0.15, 0.2) is 36.7 Å². The molecule has 0 saturated heterocycles. The summed E-state index contributed by atoms with van der Waals surface area (Å²) in [4.78, 5) is 4.01. The Labute approximate surface area is 81.4 Å². The lowest BCUT2D eigenvalue weighted by atomic mass is 10.2. The zero-order valence-electron chi connectivity index (χ0n) is 7.71. The van der Waals surface area contributed by atoms with E-state index in [4.69, 9.17) is 4.74 Å². The fourth-order valence-corrected chi connectivity index (χ4v) is 1.24. The fraction of sp³-hybridized carbons (Fsp3) is 0.100. The third kappa shape index (κ3) is 1.42. The molecule has 0 amide bonds. The molecule has 4 heteroatoms. The van der Waals surface area contributed by atoms with Crippen LogP contribution in [0.25, 0.3) is 11.4 Å². The first-order valence-electron chi connectivity index (χ1n) is 4.18. The molecular formula is C10H10N2O2. The van der Waals surface area contributed by atoms with Crippen molar-refractivity contribution in [3.05, 3.63) is 36.7 Å². The molecule has 72 valence electrons. The highest BCUT2D eigenvalue weighted by molar-refractivity contribution is 5.56. The zero-order valence-corrected chi connectivity index (χ0v) is 7.71. The van der Waals surface area contributed by atoms with Gasteiger partial charge in [0.1, 0.15) is 5.75 Å². The Balaban J connectivity index is 2.39. The van der Waals surface area contributed by atoms with Crippen LogP contribution in [-0.2, 0) is 0 Å². The minimum Gasteiger partial charge on any atom is -0.497 e. The summed E-state index contributed by atoms with van der Waals surface area (Å²) in [5, 5.41) is 9.35. The van der Waals surface area contributed by atoms with Gasteiger partial charge < -0.3 is 9.94 Å². The lowest BCUT2D eigenvalue weighted by molar-refractivity contribution is 0.191. The van der Waals surface area contributed by atoms with E-state index in [9.17, 15) is 5.21 Å². The molecule has 0 aliphatic rings. The highest BCUT2D eigenvalue weighted by Gasteiger charge is 2.03. The Morgan fingerprint density at radius 3 is 2.50 bits per heavy atom. The van der Waals surface area contributed by atoms with Crippen molar-refractivity contribution >= 4 is 0 Å². The normalized spacial score (nSPS) is 10.1. The summed E-state index contributed by atoms with van der Waals surface area (Å²) in [5.41, 5.74) is 0.846. The van der Waals surface area contributed by atoms with Crippen LogP contribution in [0.2, 0.25) is 0 Å². The molecular weight excluding hydrogens is 180 g/mol. The standard InChI is InChI=1S/C10H10N2O2/c1-14-9-4-2-8(3-5-9)10-11-6-7-12(10)13/h2-7,13H,1H3. The third-order valence-electron chi connectivity index (χ3n) is 1.97. The Morgan fingerprint density at radius 2 is 2.00 bits per heavy atom. The number of hydrogen-bond donors (Lipinski definition) is 1. The van der Waals surface area contributed by atoms with Crippen molar-refractivity contribution in [2.24, 2.45) is 0 Å². The van der Waals surface area contributed by atoms with Crippen LogP contribution in [0.1, 0.15) is 0 Å². The van der Waals surface area contributed by atoms with Gasteiger partial charge in [0.15, 0.2) is 5.82 Å². The summed E-state index contributed by atoms with van der Waals surface area (Å²) in [7, 11) is 1.61. The van der Waals surface area contributed by atoms with Gasteiger partial charge in [-0.3, -0.25) is 0 Å². The van der Waals surface area contributed by atoms with Gasteiger partial charge in [-0.2, -0.15) is 4.73 Å². The Morgan fingerprint density at radius 1 is 1.29 bits per heavy atom. The van der Waals surface area contributed by atoms with Crippen LogP contribution in [0.4, 0.5) is 0 Å². The van der Waals surface area contributed by atoms with Gasteiger partial charge in [0.25, 0.3) is 0 Å². The monoisotopic (exact) mass is 190 g/mol. The molecule has 2 aromatic rings. The highest BCUT2D eigenvalue weighted by atomic mass is 16.5. The maximum Gasteiger partial charge on any atom is 0.175 e. The van der Waals surface area contributed by atoms with E-state index in [1.165, 1.54) is 6.20 Å². The molecule has 0 fully saturated rings. The topological polar surface area (TPSA) is 47.3 Å². The molecule has 0 atom stereocenters. The van der Waals surface area contributed by atoms with E-state index in [0.717, 1.165) is 16.0 Å². The second kappa shape index (κ2) is 3.41. The molecule has 4 nitrogen and oxygen atoms in total. The van der Waals surface area contributed by atoms with Crippen molar-refractivity contribution < 1.29 is 9.94 Å². The SMILES string of the molecule is COc1ccc(-c2nccn2O)cc1. The maximum atomic E-state index is 9.35. The molecule has 0 aliphatic heterocycles. The highest BCUT2D eigenvalue weighted by Crippen LogP contribution is 2.19. The Kier molecular flexibility index (Phi) is 2.10. The number of hydrogen-bond acceptors (Lipinski definition) is 3. The lowest BCUT2D eigenvalue weighted by Gasteiger charge is -2.02. The van der Waals surface area contributed by atoms with E-state index in [0.29, 0.717) is 5.82 Å². The first kappa shape index (κ1) is 8.62. The van der Waals surface area contributed by atoms with E-state index in [1.54, 1.807) is 13.3 Å². The van der Waals surface area contributed by atoms with Crippen molar-refractivity contribution in [1.82, 2.24) is 9.71 Å². The van der Waals surface area contributed by atoms with Gasteiger partial charge in [-0.05, 0) is 24.3 Å². The van der Waals surface area contributed by atoms with Gasteiger partial charge in [0.05, 0.1) is 13.3 Å². The first-order valence-corrected chi connectivity index (χ1v) is 4.18. The van der Waals surface area contributed by atoms with E-state index >= 15 is 0 Å². The average Bonchev–Trinajstić information content (AvgIpc) is 2.65. The smallest absolute Gasteiger partial charge is 0.175 e. The molecule has 1 heterocycles. The molecule has 0 aliphatic carbocycles. The Bertz CT molecular complexity index is 420. The average molecular weight is 190 g/mol. The summed E-state index contributed by atoms with van der Waals surface area (Å²) in [6, 6.07) is 7.33. The number of ether oxygens (including phenoxy) is 1. The fourth-order valence-electron chi connectivity index (χ4n) is 1.24. The Hall–Kier alpha value is -1.97. The van der Waals surface area contributed by atoms with Crippen LogP contribution in [0.5, 0.6) is 5.75 Å². The van der Waals surface area contributed by atoms with Gasteiger partial charge in [-0.15, -0.1) is 0 Å². The van der Waals surface area contributed by atoms with E-state index in [1.807, 2.05) is 24.3 Å². The van der Waals surface area contributed by atoms with Crippen molar-refractivity contribution in [2.75, 3.05) is 7.11 Å². The molecule has 2 rings (SSSR count). The van der Waals surface area contributed by atoms with Gasteiger partial charge in [-0.25, -0.2) is 4.98 Å². The summed E-state index contributed by atoms with van der Waals surface area (Å²) >= 11 is 0. The molecule has 1 N–H and O–H groups in total. The lowest BCUT2D eigenvalue weighted by Crippen LogP contribution is -1.92. The second-order valence-corrected chi connectivity index (χ2v) is 2.82. The number of nitrogens with zero attached hydrogens (tertiary/aromatic N) is 2. The molecule has 0 bridgehead atoms. The largest absolute Gasteiger partial charge is 0.497 e. The molecule has 1 aromatic heterocycles. The minimum atomic E-state index is 0.521. The summed E-state index contributed by atoms with van der Waals surface area (Å²) in [6.45, 7) is 0. The molecule has 1 aromatic carbocycles. The maximum absolute atomic E-state index is 9.35. The van der Waals surface area contributed by atoms with E-state index in [-0.39, 0.29) is 0 Å². The molecule has 0 spiro atoms. The number of rotatable bonds is 2. The number of aromatic nitrogens is 2. The van der Waals surface area contributed by atoms with Gasteiger partial charge >= 0.3 is 0 Å². The quantitative estimate of drug-likeness (QED) is 0.734. The van der Waals surface area contributed by atoms with E-state index in [2.05, 4.69) is 4.98 Å². The van der Waals surface area contributed by atoms with Crippen molar-refractivity contribution in [3.8, 4) is 17.1 Å². The molecule has 0 unspecified atom stereocenters. The molecule has 14 heavy (non-hydrogen) atoms. The van der Waals surface area contributed by atoms with Crippen molar-refractivity contribution in [1.29, 1.82) is 0 Å². The minimum absolute atomic E-state index is 0.521. The van der Waals surface area contributed by atoms with E-state index < -0.39 is 0 Å². The summed E-state index contributed by atoms with van der Waals surface area (Å²) in [5.74, 6) is 1.30. The first-order chi connectivity index (χ1) is 6.81. The van der Waals surface area contributed by atoms with Gasteiger partial charge in [0, 0.05) is 11.8 Å². The van der Waals surface area contributed by atoms with Crippen LogP contribution in [0, 0.1) is 0 Å². The third-order valence-corrected chi connectivity index (χ3v) is 1.97. The van der Waals surface area contributed by atoms with Crippen molar-refractivity contribution in [3.63, 3.8) is 0 Å². The number of methoxy groups -OCH3 is 1. The molecule has 0 radical (unpaired) electrons. The molecule has 0 saturated carbocycles. The van der Waals surface area contributed by atoms with Crippen molar-refractivity contribution in [2.45, 2.75) is 0 Å².